The highest BCUT2D eigenvalue weighted by molar-refractivity contribution is 4.70. The molecule has 0 amide bonds. The van der Waals surface area contributed by atoms with Gasteiger partial charge in [0, 0.05) is 19.6 Å². The Hall–Kier alpha value is -0.0800. The first-order chi connectivity index (χ1) is 5.95. The highest BCUT2D eigenvalue weighted by Gasteiger charge is 2.17. The molecule has 0 aromatic rings. The van der Waals surface area contributed by atoms with E-state index in [9.17, 15) is 0 Å². The van der Waals surface area contributed by atoms with Crippen LogP contribution in [-0.2, 0) is 0 Å². The van der Waals surface area contributed by atoms with Gasteiger partial charge in [0.1, 0.15) is 0 Å². The molecule has 1 heterocycles. The van der Waals surface area contributed by atoms with Gasteiger partial charge in [0.25, 0.3) is 0 Å². The first-order valence-corrected chi connectivity index (χ1v) is 5.43. The Kier molecular flexibility index (Phi) is 3.01. The maximum Gasteiger partial charge on any atom is 0.0143 e. The van der Waals surface area contributed by atoms with E-state index in [4.69, 9.17) is 0 Å². The molecule has 1 saturated carbocycles. The van der Waals surface area contributed by atoms with Gasteiger partial charge in [0.05, 0.1) is 0 Å². The van der Waals surface area contributed by atoms with Gasteiger partial charge in [-0.25, -0.2) is 5.01 Å². The minimum absolute atomic E-state index is 1.05. The van der Waals surface area contributed by atoms with Gasteiger partial charge in [-0.2, -0.15) is 0 Å². The van der Waals surface area contributed by atoms with Crippen molar-refractivity contribution in [2.45, 2.75) is 38.5 Å². The smallest absolute Gasteiger partial charge is 0.0143 e. The van der Waals surface area contributed by atoms with Crippen molar-refractivity contribution >= 4 is 0 Å². The Morgan fingerprint density at radius 2 is 2.00 bits per heavy atom. The van der Waals surface area contributed by atoms with E-state index in [-0.39, 0.29) is 0 Å². The third-order valence-electron chi connectivity index (χ3n) is 3.22. The van der Waals surface area contributed by atoms with Gasteiger partial charge < -0.3 is 0 Å². The highest BCUT2D eigenvalue weighted by Crippen LogP contribution is 2.27. The standard InChI is InChI=1S/C10H20N2/c1-2-5-10(4-1)6-9-12-8-3-7-11-12/h10-11H,1-9H2. The summed E-state index contributed by atoms with van der Waals surface area (Å²) < 4.78 is 0. The summed E-state index contributed by atoms with van der Waals surface area (Å²) in [7, 11) is 0. The van der Waals surface area contributed by atoms with Crippen LogP contribution in [0.4, 0.5) is 0 Å². The van der Waals surface area contributed by atoms with Crippen LogP contribution in [-0.4, -0.2) is 24.6 Å². The van der Waals surface area contributed by atoms with Gasteiger partial charge in [-0.3, -0.25) is 5.43 Å². The molecule has 12 heavy (non-hydrogen) atoms. The number of nitrogens with one attached hydrogen (secondary N) is 1. The van der Waals surface area contributed by atoms with Crippen molar-refractivity contribution in [3.63, 3.8) is 0 Å². The summed E-state index contributed by atoms with van der Waals surface area (Å²) in [5.74, 6) is 1.05. The fourth-order valence-electron chi connectivity index (χ4n) is 2.41. The van der Waals surface area contributed by atoms with E-state index in [1.165, 1.54) is 58.2 Å². The van der Waals surface area contributed by atoms with E-state index in [1.807, 2.05) is 0 Å². The maximum absolute atomic E-state index is 3.41. The van der Waals surface area contributed by atoms with Crippen molar-refractivity contribution < 1.29 is 0 Å². The molecule has 1 aliphatic carbocycles. The van der Waals surface area contributed by atoms with Gasteiger partial charge in [-0.1, -0.05) is 25.7 Å². The SMILES string of the molecule is C1CCC(CCN2CCCN2)C1. The Labute approximate surface area is 75.3 Å². The molecular weight excluding hydrogens is 148 g/mol. The average molecular weight is 168 g/mol. The van der Waals surface area contributed by atoms with Crippen molar-refractivity contribution in [2.75, 3.05) is 19.6 Å². The second-order valence-electron chi connectivity index (χ2n) is 4.19. The first kappa shape index (κ1) is 8.52. The molecule has 1 N–H and O–H groups in total. The van der Waals surface area contributed by atoms with Crippen LogP contribution < -0.4 is 5.43 Å². The summed E-state index contributed by atoms with van der Waals surface area (Å²) in [5.41, 5.74) is 3.41. The molecule has 0 spiro atoms. The summed E-state index contributed by atoms with van der Waals surface area (Å²) in [6.45, 7) is 3.75. The van der Waals surface area contributed by atoms with Crippen LogP contribution in [0.2, 0.25) is 0 Å². The molecule has 0 aromatic heterocycles. The van der Waals surface area contributed by atoms with Gasteiger partial charge in [0.15, 0.2) is 0 Å². The molecule has 2 nitrogen and oxygen atoms in total. The quantitative estimate of drug-likeness (QED) is 0.691. The summed E-state index contributed by atoms with van der Waals surface area (Å²) in [6, 6.07) is 0. The highest BCUT2D eigenvalue weighted by atomic mass is 15.5. The number of hydrazine groups is 1. The van der Waals surface area contributed by atoms with Crippen LogP contribution >= 0.6 is 0 Å². The zero-order chi connectivity index (χ0) is 8.23. The van der Waals surface area contributed by atoms with Crippen LogP contribution in [0, 0.1) is 5.92 Å². The Balaban J connectivity index is 1.60. The van der Waals surface area contributed by atoms with Crippen LogP contribution in [0.15, 0.2) is 0 Å². The molecular formula is C10H20N2. The van der Waals surface area contributed by atoms with E-state index < -0.39 is 0 Å². The van der Waals surface area contributed by atoms with Crippen molar-refractivity contribution in [3.8, 4) is 0 Å². The van der Waals surface area contributed by atoms with Crippen molar-refractivity contribution in [1.29, 1.82) is 0 Å². The molecule has 0 bridgehead atoms. The summed E-state index contributed by atoms with van der Waals surface area (Å²) >= 11 is 0. The summed E-state index contributed by atoms with van der Waals surface area (Å²) in [4.78, 5) is 0. The fourth-order valence-corrected chi connectivity index (χ4v) is 2.41. The van der Waals surface area contributed by atoms with E-state index in [2.05, 4.69) is 10.4 Å². The molecule has 0 radical (unpaired) electrons. The van der Waals surface area contributed by atoms with Crippen LogP contribution in [0.3, 0.4) is 0 Å². The summed E-state index contributed by atoms with van der Waals surface area (Å²) in [5, 5.41) is 2.40. The topological polar surface area (TPSA) is 15.3 Å². The van der Waals surface area contributed by atoms with E-state index in [0.717, 1.165) is 5.92 Å². The maximum atomic E-state index is 3.41. The largest absolute Gasteiger partial charge is 0.255 e. The predicted molar refractivity (Wildman–Crippen MR) is 50.8 cm³/mol. The van der Waals surface area contributed by atoms with Gasteiger partial charge >= 0.3 is 0 Å². The molecule has 0 atom stereocenters. The molecule has 1 aliphatic heterocycles. The van der Waals surface area contributed by atoms with E-state index >= 15 is 0 Å². The average Bonchev–Trinajstić information content (AvgIpc) is 2.74. The zero-order valence-corrected chi connectivity index (χ0v) is 7.89. The lowest BCUT2D eigenvalue weighted by Gasteiger charge is -2.17. The monoisotopic (exact) mass is 168 g/mol. The minimum Gasteiger partial charge on any atom is -0.255 e. The molecule has 0 unspecified atom stereocenters. The molecule has 2 fully saturated rings. The fraction of sp³-hybridized carbons (Fsp3) is 1.00. The molecule has 2 heteroatoms. The molecule has 0 aromatic carbocycles. The van der Waals surface area contributed by atoms with Crippen LogP contribution in [0.5, 0.6) is 0 Å². The van der Waals surface area contributed by atoms with Crippen molar-refractivity contribution in [3.05, 3.63) is 0 Å². The normalized spacial score (nSPS) is 27.0. The van der Waals surface area contributed by atoms with Crippen LogP contribution in [0.25, 0.3) is 0 Å². The molecule has 2 aliphatic rings. The second-order valence-corrected chi connectivity index (χ2v) is 4.19. The zero-order valence-electron chi connectivity index (χ0n) is 7.89. The predicted octanol–water partition coefficient (Wildman–Crippen LogP) is 1.78. The van der Waals surface area contributed by atoms with Crippen LogP contribution in [0.1, 0.15) is 38.5 Å². The van der Waals surface area contributed by atoms with E-state index in [0.29, 0.717) is 0 Å². The van der Waals surface area contributed by atoms with Crippen molar-refractivity contribution in [1.82, 2.24) is 10.4 Å². The lowest BCUT2D eigenvalue weighted by Crippen LogP contribution is -2.32. The first-order valence-electron chi connectivity index (χ1n) is 5.43. The Morgan fingerprint density at radius 1 is 1.17 bits per heavy atom. The number of rotatable bonds is 3. The van der Waals surface area contributed by atoms with E-state index in [1.54, 1.807) is 0 Å². The second kappa shape index (κ2) is 4.24. The third-order valence-corrected chi connectivity index (χ3v) is 3.22. The van der Waals surface area contributed by atoms with Gasteiger partial charge in [-0.05, 0) is 18.8 Å². The molecule has 1 saturated heterocycles. The molecule has 70 valence electrons. The number of hydrogen-bond donors (Lipinski definition) is 1. The van der Waals surface area contributed by atoms with Gasteiger partial charge in [-0.15, -0.1) is 0 Å². The lowest BCUT2D eigenvalue weighted by molar-refractivity contribution is 0.233. The van der Waals surface area contributed by atoms with Gasteiger partial charge in [0.2, 0.25) is 0 Å². The third kappa shape index (κ3) is 2.20. The minimum atomic E-state index is 1.05. The lowest BCUT2D eigenvalue weighted by atomic mass is 10.0. The number of hydrogen-bond acceptors (Lipinski definition) is 2. The Bertz CT molecular complexity index is 108. The number of nitrogens with zero attached hydrogens (tertiary/aromatic N) is 1. The summed E-state index contributed by atoms with van der Waals surface area (Å²) in [6.07, 6.45) is 8.72. The van der Waals surface area contributed by atoms with Crippen molar-refractivity contribution in [2.24, 2.45) is 5.92 Å². The molecule has 2 rings (SSSR count). The Morgan fingerprint density at radius 3 is 2.67 bits per heavy atom.